The third-order valence-corrected chi connectivity index (χ3v) is 3.89. The zero-order chi connectivity index (χ0) is 13.0. The normalized spacial score (nSPS) is 12.0. The molecule has 0 unspecified atom stereocenters. The lowest BCUT2D eigenvalue weighted by atomic mass is 9.78. The van der Waals surface area contributed by atoms with Crippen molar-refractivity contribution < 1.29 is 5.11 Å². The van der Waals surface area contributed by atoms with Crippen LogP contribution >= 0.6 is 0 Å². The molecule has 0 aliphatic rings. The first-order valence-electron chi connectivity index (χ1n) is 7.55. The molecule has 0 fully saturated rings. The molecule has 2 nitrogen and oxygen atoms in total. The molecule has 0 rings (SSSR count). The zero-order valence-corrected chi connectivity index (χ0v) is 12.0. The first-order chi connectivity index (χ1) is 8.24. The van der Waals surface area contributed by atoms with E-state index in [0.29, 0.717) is 6.54 Å². The largest absolute Gasteiger partial charge is 0.396 e. The van der Waals surface area contributed by atoms with E-state index in [1.54, 1.807) is 0 Å². The number of nitrogens with two attached hydrogens (primary N) is 1. The number of hydrogen-bond acceptors (Lipinski definition) is 2. The number of aliphatic hydroxyl groups is 1. The van der Waals surface area contributed by atoms with E-state index in [0.717, 1.165) is 12.8 Å². The molecule has 104 valence electrons. The van der Waals surface area contributed by atoms with Gasteiger partial charge in [0.25, 0.3) is 0 Å². The first kappa shape index (κ1) is 16.9. The highest BCUT2D eigenvalue weighted by Gasteiger charge is 2.26. The molecule has 0 aromatic heterocycles. The van der Waals surface area contributed by atoms with Gasteiger partial charge in [0.2, 0.25) is 0 Å². The second-order valence-electron chi connectivity index (χ2n) is 5.48. The van der Waals surface area contributed by atoms with E-state index in [9.17, 15) is 5.11 Å². The van der Waals surface area contributed by atoms with Crippen LogP contribution in [0.1, 0.15) is 78.1 Å². The van der Waals surface area contributed by atoms with Crippen LogP contribution in [0.5, 0.6) is 0 Å². The van der Waals surface area contributed by atoms with Crippen LogP contribution in [-0.2, 0) is 0 Å². The van der Waals surface area contributed by atoms with Gasteiger partial charge in [-0.15, -0.1) is 0 Å². The minimum atomic E-state index is 0.0154. The van der Waals surface area contributed by atoms with Crippen molar-refractivity contribution in [3.05, 3.63) is 0 Å². The van der Waals surface area contributed by atoms with Gasteiger partial charge in [-0.2, -0.15) is 0 Å². The van der Waals surface area contributed by atoms with Crippen LogP contribution in [0.4, 0.5) is 0 Å². The molecule has 0 aromatic rings. The van der Waals surface area contributed by atoms with Crippen LogP contribution in [0, 0.1) is 5.41 Å². The van der Waals surface area contributed by atoms with Crippen LogP contribution in [0.25, 0.3) is 0 Å². The minimum Gasteiger partial charge on any atom is -0.396 e. The predicted octanol–water partition coefficient (Wildman–Crippen LogP) is 3.86. The second kappa shape index (κ2) is 11.0. The van der Waals surface area contributed by atoms with Crippen LogP contribution in [-0.4, -0.2) is 18.3 Å². The average Bonchev–Trinajstić information content (AvgIpc) is 2.37. The molecule has 0 saturated carbocycles. The summed E-state index contributed by atoms with van der Waals surface area (Å²) in [5.74, 6) is 0. The molecule has 0 heterocycles. The SMILES string of the molecule is CCCCCCC(CN)(CO)CCCCCC. The standard InChI is InChI=1S/C15H33NO/c1-3-5-7-9-11-15(13-16,14-17)12-10-8-6-4-2/h17H,3-14,16H2,1-2H3. The summed E-state index contributed by atoms with van der Waals surface area (Å²) in [6, 6.07) is 0. The fraction of sp³-hybridized carbons (Fsp3) is 1.00. The van der Waals surface area contributed by atoms with Gasteiger partial charge in [-0.05, 0) is 12.8 Å². The summed E-state index contributed by atoms with van der Waals surface area (Å²) in [5.41, 5.74) is 5.90. The van der Waals surface area contributed by atoms with Crippen LogP contribution in [0.3, 0.4) is 0 Å². The van der Waals surface area contributed by atoms with E-state index in [1.807, 2.05) is 0 Å². The second-order valence-corrected chi connectivity index (χ2v) is 5.48. The summed E-state index contributed by atoms with van der Waals surface area (Å²) < 4.78 is 0. The Balaban J connectivity index is 3.88. The topological polar surface area (TPSA) is 46.2 Å². The van der Waals surface area contributed by atoms with Gasteiger partial charge < -0.3 is 10.8 Å². The van der Waals surface area contributed by atoms with Crippen molar-refractivity contribution in [1.82, 2.24) is 0 Å². The van der Waals surface area contributed by atoms with E-state index in [-0.39, 0.29) is 12.0 Å². The van der Waals surface area contributed by atoms with Crippen LogP contribution in [0.15, 0.2) is 0 Å². The summed E-state index contributed by atoms with van der Waals surface area (Å²) in [5, 5.41) is 9.61. The third kappa shape index (κ3) is 7.77. The van der Waals surface area contributed by atoms with Gasteiger partial charge in [0.1, 0.15) is 0 Å². The Morgan fingerprint density at radius 2 is 1.29 bits per heavy atom. The molecular weight excluding hydrogens is 210 g/mol. The highest BCUT2D eigenvalue weighted by molar-refractivity contribution is 4.79. The third-order valence-electron chi connectivity index (χ3n) is 3.89. The molecule has 0 amide bonds. The number of aliphatic hydroxyl groups excluding tert-OH is 1. The number of hydrogen-bond donors (Lipinski definition) is 2. The fourth-order valence-electron chi connectivity index (χ4n) is 2.41. The van der Waals surface area contributed by atoms with E-state index in [1.165, 1.54) is 51.4 Å². The van der Waals surface area contributed by atoms with Crippen molar-refractivity contribution in [2.24, 2.45) is 11.1 Å². The van der Waals surface area contributed by atoms with Crippen LogP contribution in [0.2, 0.25) is 0 Å². The number of unbranched alkanes of at least 4 members (excludes halogenated alkanes) is 6. The van der Waals surface area contributed by atoms with Crippen molar-refractivity contribution in [2.75, 3.05) is 13.2 Å². The van der Waals surface area contributed by atoms with Gasteiger partial charge >= 0.3 is 0 Å². The van der Waals surface area contributed by atoms with Gasteiger partial charge in [0.05, 0.1) is 0 Å². The molecule has 17 heavy (non-hydrogen) atoms. The molecule has 2 heteroatoms. The summed E-state index contributed by atoms with van der Waals surface area (Å²) in [4.78, 5) is 0. The molecule has 0 atom stereocenters. The Hall–Kier alpha value is -0.0800. The molecule has 0 radical (unpaired) electrons. The Morgan fingerprint density at radius 1 is 0.824 bits per heavy atom. The average molecular weight is 243 g/mol. The molecular formula is C15H33NO. The lowest BCUT2D eigenvalue weighted by Crippen LogP contribution is -2.34. The van der Waals surface area contributed by atoms with Gasteiger partial charge in [-0.3, -0.25) is 0 Å². The lowest BCUT2D eigenvalue weighted by molar-refractivity contribution is 0.106. The van der Waals surface area contributed by atoms with E-state index in [2.05, 4.69) is 13.8 Å². The van der Waals surface area contributed by atoms with E-state index < -0.39 is 0 Å². The lowest BCUT2D eigenvalue weighted by Gasteiger charge is -2.30. The highest BCUT2D eigenvalue weighted by Crippen LogP contribution is 2.30. The Bertz CT molecular complexity index is 141. The smallest absolute Gasteiger partial charge is 0.0499 e. The molecule has 0 aliphatic heterocycles. The van der Waals surface area contributed by atoms with Crippen molar-refractivity contribution >= 4 is 0 Å². The summed E-state index contributed by atoms with van der Waals surface area (Å²) in [6.45, 7) is 5.36. The monoisotopic (exact) mass is 243 g/mol. The molecule has 0 bridgehead atoms. The zero-order valence-electron chi connectivity index (χ0n) is 12.0. The quantitative estimate of drug-likeness (QED) is 0.511. The van der Waals surface area contributed by atoms with Crippen molar-refractivity contribution in [2.45, 2.75) is 78.1 Å². The van der Waals surface area contributed by atoms with Crippen LogP contribution < -0.4 is 5.73 Å². The van der Waals surface area contributed by atoms with Crippen molar-refractivity contribution in [3.63, 3.8) is 0 Å². The Kier molecular flexibility index (Phi) is 11.0. The summed E-state index contributed by atoms with van der Waals surface area (Å²) in [6.07, 6.45) is 12.4. The summed E-state index contributed by atoms with van der Waals surface area (Å²) >= 11 is 0. The molecule has 0 saturated heterocycles. The van der Waals surface area contributed by atoms with Crippen molar-refractivity contribution in [3.8, 4) is 0 Å². The van der Waals surface area contributed by atoms with Crippen molar-refractivity contribution in [1.29, 1.82) is 0 Å². The minimum absolute atomic E-state index is 0.0154. The molecule has 0 aliphatic carbocycles. The van der Waals surface area contributed by atoms with Gasteiger partial charge in [-0.25, -0.2) is 0 Å². The maximum Gasteiger partial charge on any atom is 0.0499 e. The van der Waals surface area contributed by atoms with E-state index in [4.69, 9.17) is 5.73 Å². The maximum atomic E-state index is 9.61. The maximum absolute atomic E-state index is 9.61. The predicted molar refractivity (Wildman–Crippen MR) is 76.1 cm³/mol. The highest BCUT2D eigenvalue weighted by atomic mass is 16.3. The molecule has 0 aromatic carbocycles. The van der Waals surface area contributed by atoms with Gasteiger partial charge in [0, 0.05) is 18.6 Å². The van der Waals surface area contributed by atoms with Gasteiger partial charge in [0.15, 0.2) is 0 Å². The molecule has 3 N–H and O–H groups in total. The first-order valence-corrected chi connectivity index (χ1v) is 7.55. The number of rotatable bonds is 12. The Morgan fingerprint density at radius 3 is 1.59 bits per heavy atom. The van der Waals surface area contributed by atoms with E-state index >= 15 is 0 Å². The van der Waals surface area contributed by atoms with Gasteiger partial charge in [-0.1, -0.05) is 65.2 Å². The summed E-state index contributed by atoms with van der Waals surface area (Å²) in [7, 11) is 0. The molecule has 0 spiro atoms. The fourth-order valence-corrected chi connectivity index (χ4v) is 2.41. The Labute approximate surface area is 108 Å².